The van der Waals surface area contributed by atoms with E-state index in [0.29, 0.717) is 35.6 Å². The predicted molar refractivity (Wildman–Crippen MR) is 135 cm³/mol. The van der Waals surface area contributed by atoms with Crippen LogP contribution < -0.4 is 15.1 Å². The third-order valence-electron chi connectivity index (χ3n) is 5.87. The van der Waals surface area contributed by atoms with Gasteiger partial charge in [0.1, 0.15) is 0 Å². The maximum atomic E-state index is 13.0. The zero-order valence-electron chi connectivity index (χ0n) is 19.1. The van der Waals surface area contributed by atoms with Gasteiger partial charge in [-0.15, -0.1) is 0 Å². The minimum atomic E-state index is -0.356. The second-order valence-electron chi connectivity index (χ2n) is 8.13. The van der Waals surface area contributed by atoms with Crippen molar-refractivity contribution in [1.29, 1.82) is 0 Å². The largest absolute Gasteiger partial charge is 0.504 e. The van der Waals surface area contributed by atoms with Gasteiger partial charge in [0.05, 0.1) is 25.1 Å². The second kappa shape index (κ2) is 9.30. The Bertz CT molecular complexity index is 1460. The van der Waals surface area contributed by atoms with Gasteiger partial charge in [0.25, 0.3) is 11.8 Å². The van der Waals surface area contributed by atoms with Gasteiger partial charge in [-0.1, -0.05) is 36.4 Å². The van der Waals surface area contributed by atoms with Crippen molar-refractivity contribution in [2.45, 2.75) is 13.5 Å². The lowest BCUT2D eigenvalue weighted by Gasteiger charge is -2.18. The highest BCUT2D eigenvalue weighted by Gasteiger charge is 2.29. The number of carbonyl (C=O) groups is 2. The molecule has 0 radical (unpaired) electrons. The minimum absolute atomic E-state index is 0.0188. The average Bonchev–Trinajstić information content (AvgIpc) is 3.14. The Morgan fingerprint density at radius 3 is 2.60 bits per heavy atom. The number of anilines is 1. The predicted octanol–water partition coefficient (Wildman–Crippen LogP) is 4.87. The molecule has 0 saturated heterocycles. The summed E-state index contributed by atoms with van der Waals surface area (Å²) >= 11 is 0. The molecule has 2 amide bonds. The molecular weight excluding hydrogens is 442 g/mol. The molecule has 35 heavy (non-hydrogen) atoms. The number of hydrogen-bond acceptors (Lipinski definition) is 5. The number of nitrogens with zero attached hydrogens (tertiary/aromatic N) is 2. The fraction of sp³-hybridized carbons (Fsp3) is 0.107. The summed E-state index contributed by atoms with van der Waals surface area (Å²) in [5.74, 6) is 0.0270. The van der Waals surface area contributed by atoms with Crippen LogP contribution in [0.1, 0.15) is 38.8 Å². The number of ether oxygens (including phenoxy) is 1. The van der Waals surface area contributed by atoms with Crippen LogP contribution in [-0.2, 0) is 6.54 Å². The minimum Gasteiger partial charge on any atom is -0.504 e. The molecule has 4 aromatic rings. The van der Waals surface area contributed by atoms with Gasteiger partial charge >= 0.3 is 0 Å². The molecule has 0 spiro atoms. The number of phenols is 1. The topological polar surface area (TPSA) is 91.2 Å². The maximum Gasteiger partial charge on any atom is 0.271 e. The highest BCUT2D eigenvalue weighted by molar-refractivity contribution is 6.24. The number of phenolic OH excluding ortho intramolecular Hbond substituents is 1. The van der Waals surface area contributed by atoms with Gasteiger partial charge in [0.2, 0.25) is 0 Å². The molecule has 0 aliphatic carbocycles. The fourth-order valence-electron chi connectivity index (χ4n) is 4.19. The summed E-state index contributed by atoms with van der Waals surface area (Å²) in [6, 6.07) is 23.6. The van der Waals surface area contributed by atoms with E-state index in [-0.39, 0.29) is 17.6 Å². The van der Waals surface area contributed by atoms with Crippen LogP contribution >= 0.6 is 0 Å². The first-order valence-corrected chi connectivity index (χ1v) is 11.3. The van der Waals surface area contributed by atoms with Gasteiger partial charge in [0.15, 0.2) is 11.5 Å². The third-order valence-corrected chi connectivity index (χ3v) is 5.87. The summed E-state index contributed by atoms with van der Waals surface area (Å²) in [7, 11) is 0. The molecule has 4 aromatic carbocycles. The number of aromatic hydroxyl groups is 1. The molecule has 2 N–H and O–H groups in total. The summed E-state index contributed by atoms with van der Waals surface area (Å²) in [5, 5.41) is 15.8. The Hall–Kier alpha value is -4.65. The van der Waals surface area contributed by atoms with E-state index in [0.717, 1.165) is 22.0 Å². The zero-order chi connectivity index (χ0) is 24.4. The Balaban J connectivity index is 1.25. The van der Waals surface area contributed by atoms with Gasteiger partial charge in [-0.25, -0.2) is 5.43 Å². The molecule has 0 aromatic heterocycles. The van der Waals surface area contributed by atoms with Crippen molar-refractivity contribution in [3.05, 3.63) is 101 Å². The second-order valence-corrected chi connectivity index (χ2v) is 8.13. The Kier molecular flexibility index (Phi) is 5.89. The average molecular weight is 466 g/mol. The van der Waals surface area contributed by atoms with Crippen LogP contribution in [0.5, 0.6) is 11.5 Å². The molecule has 0 atom stereocenters. The Morgan fingerprint density at radius 2 is 1.83 bits per heavy atom. The van der Waals surface area contributed by atoms with Gasteiger partial charge in [0, 0.05) is 16.5 Å². The normalized spacial score (nSPS) is 12.5. The lowest BCUT2D eigenvalue weighted by Crippen LogP contribution is -2.26. The highest BCUT2D eigenvalue weighted by atomic mass is 16.5. The van der Waals surface area contributed by atoms with Crippen LogP contribution in [0.15, 0.2) is 84.0 Å². The summed E-state index contributed by atoms with van der Waals surface area (Å²) in [5.41, 5.74) is 6.16. The van der Waals surface area contributed by atoms with E-state index in [9.17, 15) is 14.7 Å². The van der Waals surface area contributed by atoms with Crippen LogP contribution in [0.2, 0.25) is 0 Å². The van der Waals surface area contributed by atoms with Crippen molar-refractivity contribution in [2.75, 3.05) is 11.5 Å². The molecule has 5 rings (SSSR count). The van der Waals surface area contributed by atoms with E-state index in [1.54, 1.807) is 29.2 Å². The van der Waals surface area contributed by atoms with E-state index >= 15 is 0 Å². The number of rotatable bonds is 7. The third kappa shape index (κ3) is 4.31. The number of carbonyl (C=O) groups excluding carboxylic acids is 2. The van der Waals surface area contributed by atoms with Crippen LogP contribution in [0.25, 0.3) is 10.8 Å². The first kappa shape index (κ1) is 22.2. The molecule has 0 saturated carbocycles. The van der Waals surface area contributed by atoms with Gasteiger partial charge in [-0.3, -0.25) is 9.59 Å². The van der Waals surface area contributed by atoms with Crippen LogP contribution in [0.4, 0.5) is 5.69 Å². The van der Waals surface area contributed by atoms with E-state index in [1.165, 1.54) is 12.3 Å². The number of benzene rings is 4. The van der Waals surface area contributed by atoms with E-state index < -0.39 is 0 Å². The number of hydrazone groups is 1. The van der Waals surface area contributed by atoms with Gasteiger partial charge < -0.3 is 14.7 Å². The van der Waals surface area contributed by atoms with Crippen molar-refractivity contribution < 1.29 is 19.4 Å². The number of nitrogens with one attached hydrogen (secondary N) is 1. The molecule has 1 aliphatic rings. The summed E-state index contributed by atoms with van der Waals surface area (Å²) in [4.78, 5) is 27.2. The zero-order valence-corrected chi connectivity index (χ0v) is 19.1. The Labute approximate surface area is 202 Å². The Morgan fingerprint density at radius 1 is 1.06 bits per heavy atom. The smallest absolute Gasteiger partial charge is 0.271 e. The van der Waals surface area contributed by atoms with Crippen molar-refractivity contribution >= 4 is 34.5 Å². The highest BCUT2D eigenvalue weighted by Crippen LogP contribution is 2.38. The summed E-state index contributed by atoms with van der Waals surface area (Å²) < 4.78 is 5.35. The van der Waals surface area contributed by atoms with Gasteiger partial charge in [-0.2, -0.15) is 5.10 Å². The standard InChI is InChI=1S/C28H23N3O4/c1-2-35-25-15-19(11-14-24(25)32)16-29-30-27(33)21-12-9-18(10-13-21)17-31-23-8-4-6-20-5-3-7-22(26(20)23)28(31)34/h3-16,32H,2,17H2,1H3,(H,30,33). The van der Waals surface area contributed by atoms with E-state index in [2.05, 4.69) is 10.5 Å². The molecule has 0 unspecified atom stereocenters. The van der Waals surface area contributed by atoms with Crippen molar-refractivity contribution in [1.82, 2.24) is 5.43 Å². The quantitative estimate of drug-likeness (QED) is 0.301. The van der Waals surface area contributed by atoms with Crippen LogP contribution in [-0.4, -0.2) is 29.7 Å². The first-order chi connectivity index (χ1) is 17.0. The molecule has 7 nitrogen and oxygen atoms in total. The van der Waals surface area contributed by atoms with Crippen molar-refractivity contribution in [3.63, 3.8) is 0 Å². The maximum absolute atomic E-state index is 13.0. The molecule has 0 bridgehead atoms. The first-order valence-electron chi connectivity index (χ1n) is 11.3. The SMILES string of the molecule is CCOc1cc(C=NNC(=O)c2ccc(CN3C(=O)c4cccc5cccc3c45)cc2)ccc1O. The molecular formula is C28H23N3O4. The summed E-state index contributed by atoms with van der Waals surface area (Å²) in [6.45, 7) is 2.67. The van der Waals surface area contributed by atoms with E-state index in [1.807, 2.05) is 55.5 Å². The molecule has 7 heteroatoms. The lowest BCUT2D eigenvalue weighted by atomic mass is 10.1. The number of hydrogen-bond donors (Lipinski definition) is 2. The van der Waals surface area contributed by atoms with Crippen LogP contribution in [0, 0.1) is 0 Å². The molecule has 1 aliphatic heterocycles. The van der Waals surface area contributed by atoms with Crippen molar-refractivity contribution in [3.8, 4) is 11.5 Å². The lowest BCUT2D eigenvalue weighted by molar-refractivity contribution is 0.0953. The molecule has 174 valence electrons. The van der Waals surface area contributed by atoms with Crippen LogP contribution in [0.3, 0.4) is 0 Å². The fourth-order valence-corrected chi connectivity index (χ4v) is 4.19. The monoisotopic (exact) mass is 465 g/mol. The molecule has 1 heterocycles. The van der Waals surface area contributed by atoms with Gasteiger partial charge in [-0.05, 0) is 65.9 Å². The van der Waals surface area contributed by atoms with E-state index in [4.69, 9.17) is 4.74 Å². The van der Waals surface area contributed by atoms with Crippen molar-refractivity contribution in [2.24, 2.45) is 5.10 Å². The molecule has 0 fully saturated rings. The summed E-state index contributed by atoms with van der Waals surface area (Å²) in [6.07, 6.45) is 1.48. The number of amides is 2.